The number of rotatable bonds is 21. The summed E-state index contributed by atoms with van der Waals surface area (Å²) in [5, 5.41) is 30.4. The predicted molar refractivity (Wildman–Crippen MR) is 166 cm³/mol. The third-order valence-corrected chi connectivity index (χ3v) is 5.16. The van der Waals surface area contributed by atoms with E-state index in [1.54, 1.807) is 0 Å². The van der Waals surface area contributed by atoms with Gasteiger partial charge in [-0.05, 0) is 0 Å². The van der Waals surface area contributed by atoms with Crippen LogP contribution in [0, 0.1) is 0 Å². The average Bonchev–Trinajstić information content (AvgIpc) is 2.94. The Morgan fingerprint density at radius 2 is 0.475 bits per heavy atom. The highest BCUT2D eigenvalue weighted by molar-refractivity contribution is 5.79. The van der Waals surface area contributed by atoms with Gasteiger partial charge in [-0.2, -0.15) is 0 Å². The van der Waals surface area contributed by atoms with E-state index in [4.69, 9.17) is 20.4 Å². The molecular weight excluding hydrogens is 512 g/mol. The molecule has 0 saturated heterocycles. The summed E-state index contributed by atoms with van der Waals surface area (Å²) in [5.74, 6) is -3.93. The van der Waals surface area contributed by atoms with Crippen LogP contribution in [-0.2, 0) is 19.2 Å². The molecule has 0 saturated carbocycles. The largest absolute Gasteiger partial charge is 0.478 e. The van der Waals surface area contributed by atoms with Crippen LogP contribution < -0.4 is 0 Å². The smallest absolute Gasteiger partial charge is 0.327 e. The van der Waals surface area contributed by atoms with E-state index in [2.05, 4.69) is 40.2 Å². The first-order chi connectivity index (χ1) is 19.0. The Hall–Kier alpha value is -3.16. The summed E-state index contributed by atoms with van der Waals surface area (Å²) in [7, 11) is 0. The summed E-state index contributed by atoms with van der Waals surface area (Å²) < 4.78 is 0. The van der Waals surface area contributed by atoms with Crippen LogP contribution in [0.1, 0.15) is 129 Å². The van der Waals surface area contributed by atoms with Crippen molar-refractivity contribution >= 4 is 23.9 Å². The van der Waals surface area contributed by atoms with Crippen molar-refractivity contribution in [2.24, 2.45) is 0 Å². The summed E-state index contributed by atoms with van der Waals surface area (Å²) in [4.78, 5) is 37.0. The highest BCUT2D eigenvalue weighted by Gasteiger charge is 1.94. The second kappa shape index (κ2) is 45.7. The van der Waals surface area contributed by atoms with Gasteiger partial charge in [-0.15, -0.1) is 0 Å². The SMILES string of the molecule is C=CC(=O)O.C=CC(=O)O.C=CC(=O)O.C=CC(=O)O.CCCCCCCCCCCCCCCCCCCC. The Morgan fingerprint density at radius 1 is 0.375 bits per heavy atom. The highest BCUT2D eigenvalue weighted by atomic mass is 16.4. The minimum absolute atomic E-state index is 0.833. The molecule has 0 aromatic carbocycles. The monoisotopic (exact) mass is 570 g/mol. The van der Waals surface area contributed by atoms with Crippen LogP contribution in [0.25, 0.3) is 0 Å². The first kappa shape index (κ1) is 46.7. The van der Waals surface area contributed by atoms with Crippen LogP contribution >= 0.6 is 0 Å². The van der Waals surface area contributed by atoms with E-state index in [9.17, 15) is 19.2 Å². The van der Waals surface area contributed by atoms with Crippen molar-refractivity contribution in [3.05, 3.63) is 50.6 Å². The Bertz CT molecular complexity index is 536. The second-order valence-electron chi connectivity index (χ2n) is 8.83. The molecule has 8 heteroatoms. The van der Waals surface area contributed by atoms with Crippen LogP contribution in [-0.4, -0.2) is 44.3 Å². The number of carboxylic acid groups (broad SMARTS) is 4. The van der Waals surface area contributed by atoms with E-state index in [-0.39, 0.29) is 0 Å². The fourth-order valence-electron chi connectivity index (χ4n) is 2.97. The molecule has 0 aliphatic carbocycles. The maximum absolute atomic E-state index is 9.25. The zero-order valence-corrected chi connectivity index (χ0v) is 25.3. The molecule has 0 rings (SSSR count). The first-order valence-electron chi connectivity index (χ1n) is 14.4. The normalized spacial score (nSPS) is 8.75. The zero-order chi connectivity index (χ0) is 31.9. The van der Waals surface area contributed by atoms with Crippen LogP contribution in [0.2, 0.25) is 0 Å². The molecular formula is C32H58O8. The molecule has 0 aliphatic rings. The van der Waals surface area contributed by atoms with E-state index in [1.165, 1.54) is 116 Å². The molecule has 0 aromatic rings. The summed E-state index contributed by atoms with van der Waals surface area (Å²) in [6.07, 6.45) is 29.7. The van der Waals surface area contributed by atoms with Gasteiger partial charge in [-0.25, -0.2) is 19.2 Å². The number of aliphatic carboxylic acids is 4. The molecule has 0 aromatic heterocycles. The fraction of sp³-hybridized carbons (Fsp3) is 0.625. The lowest BCUT2D eigenvalue weighted by Crippen LogP contribution is -1.83. The van der Waals surface area contributed by atoms with E-state index in [0.717, 1.165) is 24.3 Å². The molecule has 0 aliphatic heterocycles. The Morgan fingerprint density at radius 3 is 0.550 bits per heavy atom. The van der Waals surface area contributed by atoms with E-state index in [1.807, 2.05) is 0 Å². The number of hydrogen-bond acceptors (Lipinski definition) is 4. The van der Waals surface area contributed by atoms with Gasteiger partial charge >= 0.3 is 23.9 Å². The van der Waals surface area contributed by atoms with Crippen molar-refractivity contribution in [2.45, 2.75) is 129 Å². The van der Waals surface area contributed by atoms with Gasteiger partial charge in [0, 0.05) is 24.3 Å². The topological polar surface area (TPSA) is 149 Å². The van der Waals surface area contributed by atoms with Gasteiger partial charge in [0.1, 0.15) is 0 Å². The molecule has 0 bridgehead atoms. The van der Waals surface area contributed by atoms with Crippen molar-refractivity contribution < 1.29 is 39.6 Å². The van der Waals surface area contributed by atoms with Gasteiger partial charge < -0.3 is 20.4 Å². The number of carbonyl (C=O) groups is 4. The minimum Gasteiger partial charge on any atom is -0.478 e. The molecule has 0 heterocycles. The summed E-state index contributed by atoms with van der Waals surface area (Å²) >= 11 is 0. The number of carboxylic acids is 4. The van der Waals surface area contributed by atoms with Gasteiger partial charge in [-0.1, -0.05) is 156 Å². The van der Waals surface area contributed by atoms with Gasteiger partial charge in [0.15, 0.2) is 0 Å². The third kappa shape index (κ3) is 83.6. The first-order valence-corrected chi connectivity index (χ1v) is 14.4. The number of unbranched alkanes of at least 4 members (excludes halogenated alkanes) is 17. The van der Waals surface area contributed by atoms with E-state index < -0.39 is 23.9 Å². The highest BCUT2D eigenvalue weighted by Crippen LogP contribution is 2.14. The average molecular weight is 571 g/mol. The summed E-state index contributed by atoms with van der Waals surface area (Å²) in [6, 6.07) is 0. The summed E-state index contributed by atoms with van der Waals surface area (Å²) in [6.45, 7) is 16.4. The van der Waals surface area contributed by atoms with Crippen LogP contribution in [0.3, 0.4) is 0 Å². The van der Waals surface area contributed by atoms with Gasteiger partial charge in [0.2, 0.25) is 0 Å². The molecule has 0 atom stereocenters. The van der Waals surface area contributed by atoms with Gasteiger partial charge in [-0.3, -0.25) is 0 Å². The summed E-state index contributed by atoms with van der Waals surface area (Å²) in [5.41, 5.74) is 0. The molecule has 0 unspecified atom stereocenters. The fourth-order valence-corrected chi connectivity index (χ4v) is 2.97. The molecule has 4 N–H and O–H groups in total. The zero-order valence-electron chi connectivity index (χ0n) is 25.3. The maximum Gasteiger partial charge on any atom is 0.327 e. The standard InChI is InChI=1S/C20H42.4C3H4O2/c1-3-5-7-9-11-13-15-17-19-20-18-16-14-12-10-8-6-4-2;4*1-2-3(4)5/h3-20H2,1-2H3;4*2H,1H2,(H,4,5). The lowest BCUT2D eigenvalue weighted by molar-refractivity contribution is -0.132. The second-order valence-corrected chi connectivity index (χ2v) is 8.83. The molecule has 0 amide bonds. The lowest BCUT2D eigenvalue weighted by Gasteiger charge is -2.03. The predicted octanol–water partition coefficient (Wildman–Crippen LogP) is 9.08. The Labute approximate surface area is 243 Å². The van der Waals surface area contributed by atoms with Crippen LogP contribution in [0.4, 0.5) is 0 Å². The van der Waals surface area contributed by atoms with Crippen molar-refractivity contribution in [2.75, 3.05) is 0 Å². The van der Waals surface area contributed by atoms with Crippen molar-refractivity contribution in [3.63, 3.8) is 0 Å². The molecule has 0 spiro atoms. The third-order valence-electron chi connectivity index (χ3n) is 5.16. The van der Waals surface area contributed by atoms with Gasteiger partial charge in [0.25, 0.3) is 0 Å². The van der Waals surface area contributed by atoms with E-state index in [0.29, 0.717) is 0 Å². The Balaban J connectivity index is -0.000000164. The minimum atomic E-state index is -0.981. The lowest BCUT2D eigenvalue weighted by atomic mass is 10.0. The molecule has 8 nitrogen and oxygen atoms in total. The molecule has 0 fully saturated rings. The quantitative estimate of drug-likeness (QED) is 0.0788. The van der Waals surface area contributed by atoms with Gasteiger partial charge in [0.05, 0.1) is 0 Å². The molecule has 0 radical (unpaired) electrons. The van der Waals surface area contributed by atoms with Crippen LogP contribution in [0.15, 0.2) is 50.6 Å². The van der Waals surface area contributed by atoms with Crippen molar-refractivity contribution in [1.82, 2.24) is 0 Å². The van der Waals surface area contributed by atoms with Crippen LogP contribution in [0.5, 0.6) is 0 Å². The molecule has 40 heavy (non-hydrogen) atoms. The van der Waals surface area contributed by atoms with Crippen molar-refractivity contribution in [1.29, 1.82) is 0 Å². The maximum atomic E-state index is 9.25. The van der Waals surface area contributed by atoms with Crippen molar-refractivity contribution in [3.8, 4) is 0 Å². The Kier molecular flexibility index (Phi) is 53.4. The molecule has 234 valence electrons. The number of hydrogen-bond donors (Lipinski definition) is 4. The van der Waals surface area contributed by atoms with E-state index >= 15 is 0 Å².